The fraction of sp³-hybridized carbons (Fsp3) is 0.455. The summed E-state index contributed by atoms with van der Waals surface area (Å²) in [6, 6.07) is 4.41. The van der Waals surface area contributed by atoms with Crippen molar-refractivity contribution in [2.24, 2.45) is 5.84 Å². The number of likely N-dealkylation sites (N-methyl/N-ethyl adjacent to an activating group) is 1. The van der Waals surface area contributed by atoms with Crippen LogP contribution in [0.2, 0.25) is 5.02 Å². The van der Waals surface area contributed by atoms with Crippen molar-refractivity contribution in [1.29, 1.82) is 0 Å². The van der Waals surface area contributed by atoms with Gasteiger partial charge in [-0.3, -0.25) is 11.3 Å². The summed E-state index contributed by atoms with van der Waals surface area (Å²) in [7, 11) is 3.91. The van der Waals surface area contributed by atoms with Crippen molar-refractivity contribution in [2.75, 3.05) is 20.6 Å². The highest BCUT2D eigenvalue weighted by Gasteiger charge is 2.11. The predicted octanol–water partition coefficient (Wildman–Crippen LogP) is 1.42. The maximum absolute atomic E-state index is 13.0. The van der Waals surface area contributed by atoms with Gasteiger partial charge in [-0.1, -0.05) is 11.6 Å². The molecular formula is C11H17ClFN3. The normalized spacial score (nSPS) is 13.1. The molecule has 90 valence electrons. The van der Waals surface area contributed by atoms with Gasteiger partial charge in [-0.25, -0.2) is 4.39 Å². The van der Waals surface area contributed by atoms with E-state index in [-0.39, 0.29) is 11.9 Å². The van der Waals surface area contributed by atoms with Gasteiger partial charge in [0.2, 0.25) is 0 Å². The Balaban J connectivity index is 2.73. The van der Waals surface area contributed by atoms with Gasteiger partial charge < -0.3 is 4.90 Å². The molecule has 1 aromatic rings. The fourth-order valence-corrected chi connectivity index (χ4v) is 1.78. The molecule has 1 unspecified atom stereocenters. The van der Waals surface area contributed by atoms with E-state index in [4.69, 9.17) is 17.4 Å². The van der Waals surface area contributed by atoms with Gasteiger partial charge in [0.1, 0.15) is 5.82 Å². The van der Waals surface area contributed by atoms with Gasteiger partial charge >= 0.3 is 0 Å². The van der Waals surface area contributed by atoms with E-state index in [2.05, 4.69) is 5.43 Å². The standard InChI is InChI=1S/C11H17ClFN3/c1-16(2)7-10(15-14)6-8-5-9(13)3-4-11(8)12/h3-5,10,15H,6-7,14H2,1-2H3. The smallest absolute Gasteiger partial charge is 0.123 e. The number of halogens is 2. The van der Waals surface area contributed by atoms with Gasteiger partial charge in [0.05, 0.1) is 0 Å². The van der Waals surface area contributed by atoms with Crippen LogP contribution in [-0.2, 0) is 6.42 Å². The second kappa shape index (κ2) is 6.15. The summed E-state index contributed by atoms with van der Waals surface area (Å²) >= 11 is 5.98. The highest BCUT2D eigenvalue weighted by Crippen LogP contribution is 2.18. The highest BCUT2D eigenvalue weighted by atomic mass is 35.5. The van der Waals surface area contributed by atoms with Crippen molar-refractivity contribution < 1.29 is 4.39 Å². The molecule has 1 rings (SSSR count). The third-order valence-corrected chi connectivity index (χ3v) is 2.66. The molecule has 0 radical (unpaired) electrons. The Bertz CT molecular complexity index is 344. The average molecular weight is 246 g/mol. The number of nitrogens with two attached hydrogens (primary N) is 1. The second-order valence-electron chi connectivity index (χ2n) is 4.07. The van der Waals surface area contributed by atoms with Gasteiger partial charge in [-0.2, -0.15) is 0 Å². The molecule has 3 N–H and O–H groups in total. The average Bonchev–Trinajstić information content (AvgIpc) is 2.21. The van der Waals surface area contributed by atoms with Crippen LogP contribution in [0.5, 0.6) is 0 Å². The van der Waals surface area contributed by atoms with Crippen LogP contribution in [0.3, 0.4) is 0 Å². The first-order valence-corrected chi connectivity index (χ1v) is 5.45. The van der Waals surface area contributed by atoms with Crippen LogP contribution in [0, 0.1) is 5.82 Å². The van der Waals surface area contributed by atoms with E-state index in [1.54, 1.807) is 6.07 Å². The van der Waals surface area contributed by atoms with Crippen molar-refractivity contribution in [3.8, 4) is 0 Å². The molecular weight excluding hydrogens is 229 g/mol. The number of nitrogens with one attached hydrogen (secondary N) is 1. The maximum Gasteiger partial charge on any atom is 0.123 e. The number of nitrogens with zero attached hydrogens (tertiary/aromatic N) is 1. The van der Waals surface area contributed by atoms with Crippen molar-refractivity contribution in [1.82, 2.24) is 10.3 Å². The minimum absolute atomic E-state index is 0.0503. The molecule has 5 heteroatoms. The minimum atomic E-state index is -0.278. The quantitative estimate of drug-likeness (QED) is 0.609. The van der Waals surface area contributed by atoms with Crippen molar-refractivity contribution >= 4 is 11.6 Å². The summed E-state index contributed by atoms with van der Waals surface area (Å²) in [5, 5.41) is 0.570. The lowest BCUT2D eigenvalue weighted by atomic mass is 10.1. The molecule has 0 aliphatic heterocycles. The molecule has 0 saturated heterocycles. The van der Waals surface area contributed by atoms with Crippen LogP contribution in [-0.4, -0.2) is 31.6 Å². The van der Waals surface area contributed by atoms with E-state index in [0.29, 0.717) is 11.4 Å². The first kappa shape index (κ1) is 13.4. The Morgan fingerprint density at radius 3 is 2.75 bits per heavy atom. The number of rotatable bonds is 5. The SMILES string of the molecule is CN(C)CC(Cc1cc(F)ccc1Cl)NN. The molecule has 0 fully saturated rings. The topological polar surface area (TPSA) is 41.3 Å². The molecule has 0 aliphatic carbocycles. The maximum atomic E-state index is 13.0. The Morgan fingerprint density at radius 2 is 2.19 bits per heavy atom. The van der Waals surface area contributed by atoms with Crippen LogP contribution < -0.4 is 11.3 Å². The summed E-state index contributed by atoms with van der Waals surface area (Å²) in [6.45, 7) is 0.767. The van der Waals surface area contributed by atoms with E-state index >= 15 is 0 Å². The Morgan fingerprint density at radius 1 is 1.50 bits per heavy atom. The zero-order valence-electron chi connectivity index (χ0n) is 9.50. The van der Waals surface area contributed by atoms with Gasteiger partial charge in [0, 0.05) is 17.6 Å². The molecule has 3 nitrogen and oxygen atoms in total. The van der Waals surface area contributed by atoms with Crippen LogP contribution in [0.15, 0.2) is 18.2 Å². The van der Waals surface area contributed by atoms with E-state index in [0.717, 1.165) is 12.1 Å². The molecule has 0 bridgehead atoms. The number of hydrazine groups is 1. The Kier molecular flexibility index (Phi) is 5.15. The van der Waals surface area contributed by atoms with Gasteiger partial charge in [-0.15, -0.1) is 0 Å². The monoisotopic (exact) mass is 245 g/mol. The van der Waals surface area contributed by atoms with Crippen LogP contribution in [0.25, 0.3) is 0 Å². The van der Waals surface area contributed by atoms with Crippen LogP contribution in [0.1, 0.15) is 5.56 Å². The molecule has 0 spiro atoms. The van der Waals surface area contributed by atoms with E-state index in [9.17, 15) is 4.39 Å². The molecule has 0 aromatic heterocycles. The minimum Gasteiger partial charge on any atom is -0.308 e. The summed E-state index contributed by atoms with van der Waals surface area (Å²) in [4.78, 5) is 2.01. The third-order valence-electron chi connectivity index (χ3n) is 2.30. The lowest BCUT2D eigenvalue weighted by molar-refractivity contribution is 0.338. The highest BCUT2D eigenvalue weighted by molar-refractivity contribution is 6.31. The van der Waals surface area contributed by atoms with E-state index in [1.807, 2.05) is 19.0 Å². The lowest BCUT2D eigenvalue weighted by Crippen LogP contribution is -2.43. The predicted molar refractivity (Wildman–Crippen MR) is 64.8 cm³/mol. The van der Waals surface area contributed by atoms with Crippen molar-refractivity contribution in [2.45, 2.75) is 12.5 Å². The summed E-state index contributed by atoms with van der Waals surface area (Å²) in [5.74, 6) is 5.17. The molecule has 0 aliphatic rings. The molecule has 1 atom stereocenters. The molecule has 0 saturated carbocycles. The summed E-state index contributed by atoms with van der Waals surface area (Å²) in [5.41, 5.74) is 3.48. The molecule has 0 heterocycles. The van der Waals surface area contributed by atoms with Gasteiger partial charge in [0.25, 0.3) is 0 Å². The zero-order chi connectivity index (χ0) is 12.1. The molecule has 0 amide bonds. The van der Waals surface area contributed by atoms with E-state index in [1.165, 1.54) is 12.1 Å². The second-order valence-corrected chi connectivity index (χ2v) is 4.47. The first-order chi connectivity index (χ1) is 7.52. The Labute approximate surface area is 100 Å². The number of hydrogen-bond acceptors (Lipinski definition) is 3. The molecule has 16 heavy (non-hydrogen) atoms. The third kappa shape index (κ3) is 4.06. The fourth-order valence-electron chi connectivity index (χ4n) is 1.58. The zero-order valence-corrected chi connectivity index (χ0v) is 10.3. The Hall–Kier alpha value is -0.680. The van der Waals surface area contributed by atoms with Crippen LogP contribution in [0.4, 0.5) is 4.39 Å². The first-order valence-electron chi connectivity index (χ1n) is 5.07. The van der Waals surface area contributed by atoms with E-state index < -0.39 is 0 Å². The van der Waals surface area contributed by atoms with Gasteiger partial charge in [-0.05, 0) is 44.3 Å². The van der Waals surface area contributed by atoms with Crippen molar-refractivity contribution in [3.63, 3.8) is 0 Å². The van der Waals surface area contributed by atoms with Crippen molar-refractivity contribution in [3.05, 3.63) is 34.6 Å². The number of hydrogen-bond donors (Lipinski definition) is 2. The molecule has 1 aromatic carbocycles. The van der Waals surface area contributed by atoms with Crippen LogP contribution >= 0.6 is 11.6 Å². The summed E-state index contributed by atoms with van der Waals surface area (Å²) < 4.78 is 13.0. The summed E-state index contributed by atoms with van der Waals surface area (Å²) in [6.07, 6.45) is 0.602. The largest absolute Gasteiger partial charge is 0.308 e. The van der Waals surface area contributed by atoms with Gasteiger partial charge in [0.15, 0.2) is 0 Å². The number of benzene rings is 1. The lowest BCUT2D eigenvalue weighted by Gasteiger charge is -2.20.